The van der Waals surface area contributed by atoms with Crippen LogP contribution in [0.25, 0.3) is 21.2 Å². The van der Waals surface area contributed by atoms with Crippen molar-refractivity contribution >= 4 is 21.4 Å². The first-order valence-corrected chi connectivity index (χ1v) is 11.1. The third-order valence-corrected chi connectivity index (χ3v) is 6.98. The van der Waals surface area contributed by atoms with Gasteiger partial charge in [-0.2, -0.15) is 5.26 Å². The van der Waals surface area contributed by atoms with Crippen LogP contribution < -0.4 is 10.3 Å². The van der Waals surface area contributed by atoms with E-state index in [9.17, 15) is 14.4 Å². The summed E-state index contributed by atoms with van der Waals surface area (Å²) in [5.41, 5.74) is 3.09. The summed E-state index contributed by atoms with van der Waals surface area (Å²) in [7, 11) is 1.72. The van der Waals surface area contributed by atoms with Crippen LogP contribution >= 0.6 is 11.3 Å². The lowest BCUT2D eigenvalue weighted by Crippen LogP contribution is -2.15. The number of rotatable bonds is 4. The quantitative estimate of drug-likeness (QED) is 0.400. The Labute approximate surface area is 188 Å². The summed E-state index contributed by atoms with van der Waals surface area (Å²) >= 11 is 1.39. The van der Waals surface area contributed by atoms with E-state index in [2.05, 4.69) is 11.1 Å². The van der Waals surface area contributed by atoms with Gasteiger partial charge in [0.1, 0.15) is 16.3 Å². The van der Waals surface area contributed by atoms with Crippen LogP contribution in [0.2, 0.25) is 0 Å². The van der Waals surface area contributed by atoms with Crippen LogP contribution in [0, 0.1) is 31.0 Å². The molecule has 160 valence electrons. The Kier molecular flexibility index (Phi) is 4.64. The predicted octanol–water partition coefficient (Wildman–Crippen LogP) is 5.77. The van der Waals surface area contributed by atoms with Crippen molar-refractivity contribution < 1.29 is 9.13 Å². The topological polar surface area (TPSA) is 67.9 Å². The Morgan fingerprint density at radius 2 is 1.94 bits per heavy atom. The summed E-state index contributed by atoms with van der Waals surface area (Å²) < 4.78 is 22.3. The zero-order valence-corrected chi connectivity index (χ0v) is 18.7. The Bertz CT molecular complexity index is 1470. The van der Waals surface area contributed by atoms with Crippen molar-refractivity contribution in [1.29, 1.82) is 5.26 Å². The van der Waals surface area contributed by atoms with Crippen LogP contribution in [0.15, 0.2) is 46.8 Å². The minimum Gasteiger partial charge on any atom is -0.438 e. The summed E-state index contributed by atoms with van der Waals surface area (Å²) in [4.78, 5) is 17.2. The molecule has 0 amide bonds. The van der Waals surface area contributed by atoms with Crippen LogP contribution in [-0.2, 0) is 12.5 Å². The third kappa shape index (κ3) is 3.19. The van der Waals surface area contributed by atoms with Gasteiger partial charge < -0.3 is 9.30 Å². The van der Waals surface area contributed by atoms with Gasteiger partial charge in [0.05, 0.1) is 11.5 Å². The minimum absolute atomic E-state index is 0.0637. The van der Waals surface area contributed by atoms with Crippen LogP contribution in [-0.4, -0.2) is 9.55 Å². The summed E-state index contributed by atoms with van der Waals surface area (Å²) in [6.45, 7) is 3.58. The number of halogens is 1. The van der Waals surface area contributed by atoms with Gasteiger partial charge in [-0.1, -0.05) is 0 Å². The number of benzene rings is 1. The number of fused-ring (bicyclic) bond motifs is 1. The first kappa shape index (κ1) is 20.4. The average Bonchev–Trinajstić information content (AvgIpc) is 3.41. The smallest absolute Gasteiger partial charge is 0.268 e. The number of nitriles is 1. The predicted molar refractivity (Wildman–Crippen MR) is 123 cm³/mol. The number of aromatic nitrogens is 2. The molecule has 1 fully saturated rings. The SMILES string of the molecule is Cc1cc(F)cc(C)c1Oc1ncc(C2(C#N)CC2)cc1-c1cn(C)c(=O)c2sccc12. The van der Waals surface area contributed by atoms with Crippen molar-refractivity contribution in [1.82, 2.24) is 9.55 Å². The van der Waals surface area contributed by atoms with Crippen molar-refractivity contribution in [2.45, 2.75) is 32.1 Å². The Morgan fingerprint density at radius 3 is 2.59 bits per heavy atom. The maximum atomic E-state index is 13.8. The molecule has 0 spiro atoms. The normalized spacial score (nSPS) is 14.3. The molecule has 3 aromatic heterocycles. The summed E-state index contributed by atoms with van der Waals surface area (Å²) in [5.74, 6) is 0.575. The van der Waals surface area contributed by atoms with Gasteiger partial charge in [-0.3, -0.25) is 4.79 Å². The molecule has 0 aliphatic heterocycles. The van der Waals surface area contributed by atoms with Crippen molar-refractivity contribution in [3.8, 4) is 28.8 Å². The van der Waals surface area contributed by atoms with Crippen molar-refractivity contribution in [3.63, 3.8) is 0 Å². The lowest BCUT2D eigenvalue weighted by Gasteiger charge is -2.17. The molecule has 0 unspecified atom stereocenters. The maximum Gasteiger partial charge on any atom is 0.268 e. The van der Waals surface area contributed by atoms with Crippen molar-refractivity contribution in [2.75, 3.05) is 0 Å². The van der Waals surface area contributed by atoms with Gasteiger partial charge in [0.15, 0.2) is 0 Å². The number of hydrogen-bond donors (Lipinski definition) is 0. The largest absolute Gasteiger partial charge is 0.438 e. The fourth-order valence-electron chi connectivity index (χ4n) is 4.12. The highest BCUT2D eigenvalue weighted by Crippen LogP contribution is 2.49. The molecule has 1 aromatic carbocycles. The summed E-state index contributed by atoms with van der Waals surface area (Å²) in [6.07, 6.45) is 5.06. The zero-order chi connectivity index (χ0) is 22.6. The summed E-state index contributed by atoms with van der Waals surface area (Å²) in [5, 5.41) is 12.4. The van der Waals surface area contributed by atoms with E-state index in [1.807, 2.05) is 17.5 Å². The number of ether oxygens (including phenoxy) is 1. The first-order chi connectivity index (χ1) is 15.3. The second-order valence-corrected chi connectivity index (χ2v) is 9.28. The summed E-state index contributed by atoms with van der Waals surface area (Å²) in [6, 6.07) is 9.13. The van der Waals surface area contributed by atoms with Crippen LogP contribution in [0.5, 0.6) is 11.6 Å². The Morgan fingerprint density at radius 1 is 1.22 bits per heavy atom. The van der Waals surface area contributed by atoms with Crippen LogP contribution in [0.3, 0.4) is 0 Å². The molecule has 0 bridgehead atoms. The molecule has 0 atom stereocenters. The lowest BCUT2D eigenvalue weighted by atomic mass is 9.95. The van der Waals surface area contributed by atoms with Crippen molar-refractivity contribution in [3.05, 3.63) is 74.9 Å². The highest BCUT2D eigenvalue weighted by molar-refractivity contribution is 7.17. The number of pyridine rings is 2. The molecule has 5 nitrogen and oxygen atoms in total. The van der Waals surface area contributed by atoms with E-state index in [1.54, 1.807) is 37.9 Å². The molecule has 5 rings (SSSR count). The van der Waals surface area contributed by atoms with E-state index < -0.39 is 5.41 Å². The minimum atomic E-state index is -0.517. The molecule has 1 aliphatic carbocycles. The molecule has 1 aliphatic rings. The van der Waals surface area contributed by atoms with E-state index in [0.717, 1.165) is 29.4 Å². The van der Waals surface area contributed by atoms with E-state index >= 15 is 0 Å². The van der Waals surface area contributed by atoms with E-state index in [0.29, 0.717) is 33.0 Å². The molecule has 7 heteroatoms. The fourth-order valence-corrected chi connectivity index (χ4v) is 5.01. The highest BCUT2D eigenvalue weighted by Gasteiger charge is 2.45. The molecule has 0 N–H and O–H groups in total. The van der Waals surface area contributed by atoms with Crippen LogP contribution in [0.1, 0.15) is 29.5 Å². The standard InChI is InChI=1S/C25H20FN3O2S/c1-14-8-17(26)9-15(2)21(14)31-23-19(10-16(11-28-23)25(13-27)5-6-25)20-12-29(3)24(30)22-18(20)4-7-32-22/h4,7-12H,5-6H2,1-3H3. The third-order valence-electron chi connectivity index (χ3n) is 6.07. The number of thiophene rings is 1. The van der Waals surface area contributed by atoms with Crippen LogP contribution in [0.4, 0.5) is 4.39 Å². The molecule has 0 saturated heterocycles. The maximum absolute atomic E-state index is 13.8. The number of nitrogens with zero attached hydrogens (tertiary/aromatic N) is 3. The number of hydrogen-bond acceptors (Lipinski definition) is 5. The molecule has 32 heavy (non-hydrogen) atoms. The molecule has 0 radical (unpaired) electrons. The van der Waals surface area contributed by atoms with Gasteiger partial charge in [-0.05, 0) is 73.0 Å². The second-order valence-electron chi connectivity index (χ2n) is 8.36. The van der Waals surface area contributed by atoms with E-state index in [4.69, 9.17) is 4.74 Å². The van der Waals surface area contributed by atoms with Gasteiger partial charge in [0.25, 0.3) is 5.56 Å². The molecule has 4 aromatic rings. The van der Waals surface area contributed by atoms with E-state index in [1.165, 1.54) is 23.5 Å². The highest BCUT2D eigenvalue weighted by atomic mass is 32.1. The molecular weight excluding hydrogens is 425 g/mol. The van der Waals surface area contributed by atoms with Crippen molar-refractivity contribution in [2.24, 2.45) is 7.05 Å². The second kappa shape index (κ2) is 7.28. The Hall–Kier alpha value is -3.50. The first-order valence-electron chi connectivity index (χ1n) is 10.3. The fraction of sp³-hybridized carbons (Fsp3) is 0.240. The van der Waals surface area contributed by atoms with Gasteiger partial charge in [0, 0.05) is 36.0 Å². The Balaban J connectivity index is 1.75. The van der Waals surface area contributed by atoms with Gasteiger partial charge in [-0.25, -0.2) is 9.37 Å². The zero-order valence-electron chi connectivity index (χ0n) is 17.9. The van der Waals surface area contributed by atoms with Gasteiger partial charge in [0.2, 0.25) is 5.88 Å². The lowest BCUT2D eigenvalue weighted by molar-refractivity contribution is 0.455. The monoisotopic (exact) mass is 445 g/mol. The molecule has 1 saturated carbocycles. The van der Waals surface area contributed by atoms with Gasteiger partial charge in [-0.15, -0.1) is 11.3 Å². The van der Waals surface area contributed by atoms with Gasteiger partial charge >= 0.3 is 0 Å². The molecular formula is C25H20FN3O2S. The average molecular weight is 446 g/mol. The number of aryl methyl sites for hydroxylation is 3. The molecule has 3 heterocycles. The van der Waals surface area contributed by atoms with E-state index in [-0.39, 0.29) is 11.4 Å².